The largest absolute Gasteiger partial charge is 0.325 e. The molecule has 2 aromatic rings. The molecule has 2 rings (SSSR count). The molecule has 0 unspecified atom stereocenters. The number of benzene rings is 2. The van der Waals surface area contributed by atoms with Gasteiger partial charge in [-0.05, 0) is 43.2 Å². The maximum Gasteiger partial charge on any atom is 0.234 e. The molecule has 20 heavy (non-hydrogen) atoms. The van der Waals surface area contributed by atoms with Crippen molar-refractivity contribution in [3.63, 3.8) is 0 Å². The number of anilines is 1. The molecule has 0 aliphatic heterocycles. The van der Waals surface area contributed by atoms with Gasteiger partial charge >= 0.3 is 0 Å². The Kier molecular flexibility index (Phi) is 5.10. The van der Waals surface area contributed by atoms with Crippen molar-refractivity contribution in [3.05, 3.63) is 58.6 Å². The van der Waals surface area contributed by atoms with Gasteiger partial charge < -0.3 is 5.32 Å². The van der Waals surface area contributed by atoms with Gasteiger partial charge in [0.25, 0.3) is 0 Å². The summed E-state index contributed by atoms with van der Waals surface area (Å²) in [4.78, 5) is 13.1. The molecular formula is C16H16ClNOS. The van der Waals surface area contributed by atoms with Crippen LogP contribution in [0.25, 0.3) is 0 Å². The third kappa shape index (κ3) is 3.78. The Morgan fingerprint density at radius 2 is 1.90 bits per heavy atom. The van der Waals surface area contributed by atoms with Crippen LogP contribution in [-0.2, 0) is 4.79 Å². The fourth-order valence-electron chi connectivity index (χ4n) is 1.79. The zero-order chi connectivity index (χ0) is 14.5. The highest BCUT2D eigenvalue weighted by molar-refractivity contribution is 8.00. The zero-order valence-corrected chi connectivity index (χ0v) is 13.0. The van der Waals surface area contributed by atoms with Crippen LogP contribution < -0.4 is 5.32 Å². The van der Waals surface area contributed by atoms with Crippen molar-refractivity contribution >= 4 is 35.0 Å². The average Bonchev–Trinajstić information content (AvgIpc) is 2.43. The van der Waals surface area contributed by atoms with Crippen LogP contribution in [0.15, 0.2) is 47.4 Å². The van der Waals surface area contributed by atoms with Crippen molar-refractivity contribution in [3.8, 4) is 0 Å². The molecule has 0 aromatic heterocycles. The van der Waals surface area contributed by atoms with Crippen molar-refractivity contribution in [1.29, 1.82) is 0 Å². The van der Waals surface area contributed by atoms with Gasteiger partial charge in [-0.1, -0.05) is 35.9 Å². The first-order valence-corrected chi connectivity index (χ1v) is 7.67. The summed E-state index contributed by atoms with van der Waals surface area (Å²) >= 11 is 7.57. The van der Waals surface area contributed by atoms with E-state index in [1.165, 1.54) is 17.3 Å². The second-order valence-electron chi connectivity index (χ2n) is 4.51. The summed E-state index contributed by atoms with van der Waals surface area (Å²) in [6.45, 7) is 3.94. The standard InChI is InChI=1S/C16H16ClNOS/c1-11-6-3-4-9-15(11)20-10-16(19)18-14-8-5-7-13(17)12(14)2/h3-9H,10H2,1-2H3,(H,18,19). The molecule has 0 spiro atoms. The SMILES string of the molecule is Cc1ccccc1SCC(=O)Nc1cccc(Cl)c1C. The fraction of sp³-hybridized carbons (Fsp3) is 0.188. The summed E-state index contributed by atoms with van der Waals surface area (Å²) in [5, 5.41) is 3.56. The van der Waals surface area contributed by atoms with Gasteiger partial charge in [0.15, 0.2) is 0 Å². The van der Waals surface area contributed by atoms with E-state index in [1.807, 2.05) is 56.3 Å². The predicted octanol–water partition coefficient (Wildman–Crippen LogP) is 4.69. The average molecular weight is 306 g/mol. The van der Waals surface area contributed by atoms with Crippen LogP contribution >= 0.6 is 23.4 Å². The van der Waals surface area contributed by atoms with Crippen LogP contribution in [0.4, 0.5) is 5.69 Å². The van der Waals surface area contributed by atoms with Gasteiger partial charge in [-0.2, -0.15) is 0 Å². The molecule has 0 bridgehead atoms. The minimum atomic E-state index is -0.0244. The van der Waals surface area contributed by atoms with Gasteiger partial charge in [-0.25, -0.2) is 0 Å². The first-order valence-electron chi connectivity index (χ1n) is 6.31. The molecule has 0 saturated heterocycles. The smallest absolute Gasteiger partial charge is 0.234 e. The van der Waals surface area contributed by atoms with E-state index >= 15 is 0 Å². The van der Waals surface area contributed by atoms with Crippen molar-refractivity contribution < 1.29 is 4.79 Å². The van der Waals surface area contributed by atoms with Gasteiger partial charge in [-0.15, -0.1) is 11.8 Å². The van der Waals surface area contributed by atoms with E-state index in [1.54, 1.807) is 0 Å². The minimum Gasteiger partial charge on any atom is -0.325 e. The second-order valence-corrected chi connectivity index (χ2v) is 5.94. The van der Waals surface area contributed by atoms with Gasteiger partial charge in [0.05, 0.1) is 5.75 Å². The highest BCUT2D eigenvalue weighted by Gasteiger charge is 2.08. The highest BCUT2D eigenvalue weighted by Crippen LogP contribution is 2.24. The fourth-order valence-corrected chi connectivity index (χ4v) is 2.79. The number of carbonyl (C=O) groups is 1. The lowest BCUT2D eigenvalue weighted by atomic mass is 10.2. The number of hydrogen-bond acceptors (Lipinski definition) is 2. The molecule has 104 valence electrons. The van der Waals surface area contributed by atoms with Crippen LogP contribution in [-0.4, -0.2) is 11.7 Å². The summed E-state index contributed by atoms with van der Waals surface area (Å²) in [6.07, 6.45) is 0. The summed E-state index contributed by atoms with van der Waals surface area (Å²) in [5.74, 6) is 0.361. The number of halogens is 1. The van der Waals surface area contributed by atoms with Crippen molar-refractivity contribution in [2.75, 3.05) is 11.1 Å². The van der Waals surface area contributed by atoms with E-state index in [9.17, 15) is 4.79 Å². The first-order chi connectivity index (χ1) is 9.58. The first kappa shape index (κ1) is 14.9. The lowest BCUT2D eigenvalue weighted by molar-refractivity contribution is -0.113. The molecule has 0 saturated carbocycles. The molecule has 0 aliphatic carbocycles. The summed E-state index contributed by atoms with van der Waals surface area (Å²) in [6, 6.07) is 13.5. The molecule has 4 heteroatoms. The van der Waals surface area contributed by atoms with Crippen LogP contribution in [0.2, 0.25) is 5.02 Å². The van der Waals surface area contributed by atoms with Crippen LogP contribution in [0, 0.1) is 13.8 Å². The molecule has 0 fully saturated rings. The lowest BCUT2D eigenvalue weighted by Crippen LogP contribution is -2.14. The number of aryl methyl sites for hydroxylation is 1. The summed E-state index contributed by atoms with van der Waals surface area (Å²) in [5.41, 5.74) is 2.85. The molecule has 0 heterocycles. The zero-order valence-electron chi connectivity index (χ0n) is 11.4. The third-order valence-corrected chi connectivity index (χ3v) is 4.58. The Hall–Kier alpha value is -1.45. The second kappa shape index (κ2) is 6.82. The summed E-state index contributed by atoms with van der Waals surface area (Å²) in [7, 11) is 0. The van der Waals surface area contributed by atoms with E-state index in [4.69, 9.17) is 11.6 Å². The monoisotopic (exact) mass is 305 g/mol. The Morgan fingerprint density at radius 3 is 2.65 bits per heavy atom. The number of carbonyl (C=O) groups excluding carboxylic acids is 1. The predicted molar refractivity (Wildman–Crippen MR) is 86.7 cm³/mol. The Morgan fingerprint density at radius 1 is 1.15 bits per heavy atom. The van der Waals surface area contributed by atoms with E-state index in [0.29, 0.717) is 10.8 Å². The normalized spacial score (nSPS) is 10.3. The molecule has 2 aromatic carbocycles. The Bertz CT molecular complexity index is 628. The quantitative estimate of drug-likeness (QED) is 0.830. The number of nitrogens with one attached hydrogen (secondary N) is 1. The molecular weight excluding hydrogens is 290 g/mol. The highest BCUT2D eigenvalue weighted by atomic mass is 35.5. The maximum absolute atomic E-state index is 12.0. The van der Waals surface area contributed by atoms with Crippen LogP contribution in [0.5, 0.6) is 0 Å². The van der Waals surface area contributed by atoms with Crippen molar-refractivity contribution in [2.45, 2.75) is 18.7 Å². The molecule has 1 amide bonds. The number of hydrogen-bond donors (Lipinski definition) is 1. The van der Waals surface area contributed by atoms with Gasteiger partial charge in [-0.3, -0.25) is 4.79 Å². The number of rotatable bonds is 4. The van der Waals surface area contributed by atoms with Crippen molar-refractivity contribution in [2.24, 2.45) is 0 Å². The molecule has 0 aliphatic rings. The van der Waals surface area contributed by atoms with Crippen LogP contribution in [0.3, 0.4) is 0 Å². The minimum absolute atomic E-state index is 0.0244. The summed E-state index contributed by atoms with van der Waals surface area (Å²) < 4.78 is 0. The lowest BCUT2D eigenvalue weighted by Gasteiger charge is -2.10. The topological polar surface area (TPSA) is 29.1 Å². The van der Waals surface area contributed by atoms with E-state index < -0.39 is 0 Å². The molecule has 1 N–H and O–H groups in total. The number of thioether (sulfide) groups is 1. The third-order valence-electron chi connectivity index (χ3n) is 2.99. The van der Waals surface area contributed by atoms with Crippen LogP contribution in [0.1, 0.15) is 11.1 Å². The van der Waals surface area contributed by atoms with Gasteiger partial charge in [0.2, 0.25) is 5.91 Å². The van der Waals surface area contributed by atoms with Gasteiger partial charge in [0.1, 0.15) is 0 Å². The molecule has 0 radical (unpaired) electrons. The van der Waals surface area contributed by atoms with E-state index in [2.05, 4.69) is 5.32 Å². The number of amides is 1. The molecule has 0 atom stereocenters. The maximum atomic E-state index is 12.0. The van der Waals surface area contributed by atoms with Crippen molar-refractivity contribution in [1.82, 2.24) is 0 Å². The van der Waals surface area contributed by atoms with E-state index in [0.717, 1.165) is 16.1 Å². The van der Waals surface area contributed by atoms with Gasteiger partial charge in [0, 0.05) is 15.6 Å². The molecule has 2 nitrogen and oxygen atoms in total. The van der Waals surface area contributed by atoms with E-state index in [-0.39, 0.29) is 5.91 Å². The Balaban J connectivity index is 1.96. The Labute approximate surface area is 128 Å².